The van der Waals surface area contributed by atoms with E-state index in [0.717, 1.165) is 0 Å². The third kappa shape index (κ3) is 3.23. The van der Waals surface area contributed by atoms with Crippen molar-refractivity contribution < 1.29 is 19.1 Å². The fraction of sp³-hybridized carbons (Fsp3) is 0.385. The zero-order valence-corrected chi connectivity index (χ0v) is 10.9. The molecule has 19 heavy (non-hydrogen) atoms. The Kier molecular flexibility index (Phi) is 4.35. The number of nitrogens with zero attached hydrogens (tertiary/aromatic N) is 2. The van der Waals surface area contributed by atoms with Crippen LogP contribution in [0.1, 0.15) is 12.7 Å². The summed E-state index contributed by atoms with van der Waals surface area (Å²) in [6.07, 6.45) is 0.604. The van der Waals surface area contributed by atoms with Crippen molar-refractivity contribution in [2.75, 3.05) is 20.3 Å². The smallest absolute Gasteiger partial charge is 0.258 e. The van der Waals surface area contributed by atoms with Gasteiger partial charge in [0.15, 0.2) is 17.3 Å². The summed E-state index contributed by atoms with van der Waals surface area (Å²) in [5.41, 5.74) is 0.699. The zero-order valence-electron chi connectivity index (χ0n) is 10.9. The Morgan fingerprint density at radius 3 is 2.95 bits per heavy atom. The Balaban J connectivity index is 2.13. The van der Waals surface area contributed by atoms with Crippen LogP contribution in [0.2, 0.25) is 0 Å². The highest BCUT2D eigenvalue weighted by atomic mass is 16.5. The van der Waals surface area contributed by atoms with Crippen LogP contribution in [0, 0.1) is 0 Å². The van der Waals surface area contributed by atoms with Crippen molar-refractivity contribution >= 4 is 0 Å². The number of aromatic hydroxyl groups is 1. The molecule has 1 aromatic heterocycles. The molecular formula is C13H16N2O4. The van der Waals surface area contributed by atoms with Crippen LogP contribution in [0.25, 0.3) is 11.5 Å². The summed E-state index contributed by atoms with van der Waals surface area (Å²) in [6.45, 7) is 3.17. The van der Waals surface area contributed by atoms with Gasteiger partial charge in [0.25, 0.3) is 5.89 Å². The number of benzene rings is 1. The molecule has 6 heteroatoms. The van der Waals surface area contributed by atoms with Gasteiger partial charge in [0.1, 0.15) is 0 Å². The lowest BCUT2D eigenvalue weighted by molar-refractivity contribution is 0.149. The maximum atomic E-state index is 9.52. The molecule has 6 nitrogen and oxygen atoms in total. The normalized spacial score (nSPS) is 10.6. The van der Waals surface area contributed by atoms with E-state index in [9.17, 15) is 5.11 Å². The van der Waals surface area contributed by atoms with E-state index in [2.05, 4.69) is 10.1 Å². The van der Waals surface area contributed by atoms with E-state index in [4.69, 9.17) is 14.0 Å². The minimum atomic E-state index is 0.0716. The van der Waals surface area contributed by atoms with Crippen molar-refractivity contribution in [1.29, 1.82) is 0 Å². The standard InChI is InChI=1S/C13H16N2O4/c1-3-18-7-6-12-14-13(19-15-12)9-4-5-10(16)11(8-9)17-2/h4-5,8,16H,3,6-7H2,1-2H3. The number of rotatable bonds is 6. The van der Waals surface area contributed by atoms with E-state index in [1.54, 1.807) is 12.1 Å². The topological polar surface area (TPSA) is 77.6 Å². The number of hydrogen-bond donors (Lipinski definition) is 1. The number of phenolic OH excluding ortho intramolecular Hbond substituents is 1. The molecular weight excluding hydrogens is 248 g/mol. The molecule has 2 aromatic rings. The summed E-state index contributed by atoms with van der Waals surface area (Å²) < 4.78 is 15.4. The summed E-state index contributed by atoms with van der Waals surface area (Å²) >= 11 is 0. The lowest BCUT2D eigenvalue weighted by Gasteiger charge is -2.03. The summed E-state index contributed by atoms with van der Waals surface area (Å²) in [4.78, 5) is 4.26. The average molecular weight is 264 g/mol. The van der Waals surface area contributed by atoms with Crippen LogP contribution in [-0.2, 0) is 11.2 Å². The molecule has 0 radical (unpaired) electrons. The molecule has 0 aliphatic heterocycles. The van der Waals surface area contributed by atoms with Gasteiger partial charge in [0.05, 0.1) is 13.7 Å². The predicted octanol–water partition coefficient (Wildman–Crippen LogP) is 2.03. The van der Waals surface area contributed by atoms with Crippen molar-refractivity contribution in [3.8, 4) is 23.0 Å². The number of phenols is 1. The molecule has 2 rings (SSSR count). The largest absolute Gasteiger partial charge is 0.504 e. The van der Waals surface area contributed by atoms with Gasteiger partial charge < -0.3 is 19.1 Å². The first-order valence-corrected chi connectivity index (χ1v) is 6.02. The number of aromatic nitrogens is 2. The zero-order chi connectivity index (χ0) is 13.7. The first kappa shape index (κ1) is 13.4. The third-order valence-corrected chi connectivity index (χ3v) is 2.57. The molecule has 1 N–H and O–H groups in total. The second-order valence-corrected chi connectivity index (χ2v) is 3.85. The van der Waals surface area contributed by atoms with Gasteiger partial charge in [-0.2, -0.15) is 4.98 Å². The molecule has 0 spiro atoms. The summed E-state index contributed by atoms with van der Waals surface area (Å²) in [5, 5.41) is 13.4. The quantitative estimate of drug-likeness (QED) is 0.804. The highest BCUT2D eigenvalue weighted by Gasteiger charge is 2.11. The third-order valence-electron chi connectivity index (χ3n) is 2.57. The van der Waals surface area contributed by atoms with Crippen LogP contribution in [-0.4, -0.2) is 35.6 Å². The molecule has 0 amide bonds. The van der Waals surface area contributed by atoms with Crippen molar-refractivity contribution in [1.82, 2.24) is 10.1 Å². The van der Waals surface area contributed by atoms with E-state index in [1.165, 1.54) is 13.2 Å². The first-order chi connectivity index (χ1) is 9.24. The fourth-order valence-corrected chi connectivity index (χ4v) is 1.59. The van der Waals surface area contributed by atoms with Gasteiger partial charge in [-0.25, -0.2) is 0 Å². The van der Waals surface area contributed by atoms with Gasteiger partial charge in [-0.15, -0.1) is 0 Å². The number of hydrogen-bond acceptors (Lipinski definition) is 6. The highest BCUT2D eigenvalue weighted by molar-refractivity contribution is 5.59. The monoisotopic (exact) mass is 264 g/mol. The van der Waals surface area contributed by atoms with E-state index in [1.807, 2.05) is 6.92 Å². The molecule has 0 aliphatic rings. The molecule has 0 unspecified atom stereocenters. The summed E-state index contributed by atoms with van der Waals surface area (Å²) in [7, 11) is 1.49. The van der Waals surface area contributed by atoms with E-state index in [0.29, 0.717) is 42.7 Å². The molecule has 0 saturated carbocycles. The number of methoxy groups -OCH3 is 1. The fourth-order valence-electron chi connectivity index (χ4n) is 1.59. The Morgan fingerprint density at radius 1 is 1.37 bits per heavy atom. The van der Waals surface area contributed by atoms with Crippen LogP contribution in [0.15, 0.2) is 22.7 Å². The van der Waals surface area contributed by atoms with Gasteiger partial charge in [-0.1, -0.05) is 5.16 Å². The minimum Gasteiger partial charge on any atom is -0.504 e. The van der Waals surface area contributed by atoms with Crippen LogP contribution < -0.4 is 4.74 Å². The van der Waals surface area contributed by atoms with Gasteiger partial charge in [0.2, 0.25) is 0 Å². The molecule has 0 bridgehead atoms. The molecule has 0 aliphatic carbocycles. The van der Waals surface area contributed by atoms with E-state index in [-0.39, 0.29) is 5.75 Å². The molecule has 1 heterocycles. The van der Waals surface area contributed by atoms with E-state index >= 15 is 0 Å². The van der Waals surface area contributed by atoms with Crippen molar-refractivity contribution in [2.24, 2.45) is 0 Å². The summed E-state index contributed by atoms with van der Waals surface area (Å²) in [5.74, 6) is 1.43. The number of ether oxygens (including phenoxy) is 2. The molecule has 1 aromatic carbocycles. The molecule has 0 fully saturated rings. The average Bonchev–Trinajstić information content (AvgIpc) is 2.88. The van der Waals surface area contributed by atoms with Gasteiger partial charge in [0, 0.05) is 18.6 Å². The lowest BCUT2D eigenvalue weighted by atomic mass is 10.2. The van der Waals surface area contributed by atoms with Gasteiger partial charge >= 0.3 is 0 Å². The van der Waals surface area contributed by atoms with Crippen LogP contribution in [0.5, 0.6) is 11.5 Å². The van der Waals surface area contributed by atoms with Crippen molar-refractivity contribution in [3.05, 3.63) is 24.0 Å². The van der Waals surface area contributed by atoms with Crippen LogP contribution in [0.3, 0.4) is 0 Å². The second kappa shape index (κ2) is 6.19. The minimum absolute atomic E-state index is 0.0716. The van der Waals surface area contributed by atoms with Crippen LogP contribution in [0.4, 0.5) is 0 Å². The summed E-state index contributed by atoms with van der Waals surface area (Å²) in [6, 6.07) is 4.87. The predicted molar refractivity (Wildman–Crippen MR) is 68.1 cm³/mol. The molecule has 0 atom stereocenters. The Morgan fingerprint density at radius 2 is 2.21 bits per heavy atom. The maximum Gasteiger partial charge on any atom is 0.258 e. The Hall–Kier alpha value is -2.08. The molecule has 0 saturated heterocycles. The van der Waals surface area contributed by atoms with E-state index < -0.39 is 0 Å². The second-order valence-electron chi connectivity index (χ2n) is 3.85. The first-order valence-electron chi connectivity index (χ1n) is 6.02. The van der Waals surface area contributed by atoms with Crippen LogP contribution >= 0.6 is 0 Å². The van der Waals surface area contributed by atoms with Crippen molar-refractivity contribution in [3.63, 3.8) is 0 Å². The van der Waals surface area contributed by atoms with Crippen molar-refractivity contribution in [2.45, 2.75) is 13.3 Å². The Bertz CT molecular complexity index is 539. The van der Waals surface area contributed by atoms with Gasteiger partial charge in [-0.05, 0) is 25.1 Å². The molecule has 102 valence electrons. The lowest BCUT2D eigenvalue weighted by Crippen LogP contribution is -1.99. The van der Waals surface area contributed by atoms with Gasteiger partial charge in [-0.3, -0.25) is 0 Å². The highest BCUT2D eigenvalue weighted by Crippen LogP contribution is 2.30. The maximum absolute atomic E-state index is 9.52. The Labute approximate surface area is 111 Å². The SMILES string of the molecule is CCOCCc1noc(-c2ccc(O)c(OC)c2)n1.